The number of aliphatic imine (C=N–C) groups is 1. The Balaban J connectivity index is 2.60. The molecule has 15 heavy (non-hydrogen) atoms. The van der Waals surface area contributed by atoms with Crippen LogP contribution < -0.4 is 0 Å². The average molecular weight is 213 g/mol. The summed E-state index contributed by atoms with van der Waals surface area (Å²) < 4.78 is 0. The summed E-state index contributed by atoms with van der Waals surface area (Å²) in [4.78, 5) is 8.60. The first-order valence-corrected chi connectivity index (χ1v) is 5.51. The summed E-state index contributed by atoms with van der Waals surface area (Å²) in [6.07, 6.45) is 3.46. The minimum absolute atomic E-state index is 0.0806. The molecule has 1 aliphatic carbocycles. The maximum Gasteiger partial charge on any atom is 0.195 e. The highest BCUT2D eigenvalue weighted by molar-refractivity contribution is 5.79. The Morgan fingerprint density at radius 2 is 1.73 bits per heavy atom. The second kappa shape index (κ2) is 4.84. The van der Waals surface area contributed by atoms with Crippen LogP contribution in [0.1, 0.15) is 19.3 Å². The molecule has 0 aromatic carbocycles. The predicted octanol–water partition coefficient (Wildman–Crippen LogP) is 0.628. The van der Waals surface area contributed by atoms with Crippen molar-refractivity contribution >= 4 is 5.96 Å². The van der Waals surface area contributed by atoms with Gasteiger partial charge < -0.3 is 14.9 Å². The van der Waals surface area contributed by atoms with Crippen molar-refractivity contribution in [2.75, 3.05) is 41.3 Å². The lowest BCUT2D eigenvalue weighted by atomic mass is 9.69. The molecule has 0 aromatic heterocycles. The van der Waals surface area contributed by atoms with Gasteiger partial charge in [0.2, 0.25) is 0 Å². The molecular weight excluding hydrogens is 190 g/mol. The van der Waals surface area contributed by atoms with Gasteiger partial charge in [0.15, 0.2) is 5.96 Å². The minimum atomic E-state index is 0.0806. The molecule has 0 amide bonds. The van der Waals surface area contributed by atoms with Gasteiger partial charge >= 0.3 is 0 Å². The summed E-state index contributed by atoms with van der Waals surface area (Å²) in [5.74, 6) is 0.967. The van der Waals surface area contributed by atoms with Crippen molar-refractivity contribution in [1.82, 2.24) is 9.80 Å². The van der Waals surface area contributed by atoms with Gasteiger partial charge in [0.1, 0.15) is 0 Å². The number of hydrogen-bond donors (Lipinski definition) is 1. The van der Waals surface area contributed by atoms with Crippen LogP contribution in [0.3, 0.4) is 0 Å². The van der Waals surface area contributed by atoms with Gasteiger partial charge in [0.25, 0.3) is 0 Å². The van der Waals surface area contributed by atoms with Crippen LogP contribution in [0.15, 0.2) is 4.99 Å². The van der Waals surface area contributed by atoms with Gasteiger partial charge in [0.05, 0.1) is 13.2 Å². The number of rotatable bonds is 3. The minimum Gasteiger partial charge on any atom is -0.396 e. The van der Waals surface area contributed by atoms with E-state index in [1.165, 1.54) is 6.42 Å². The number of nitrogens with zero attached hydrogens (tertiary/aromatic N) is 3. The Kier molecular flexibility index (Phi) is 3.97. The summed E-state index contributed by atoms with van der Waals surface area (Å²) in [5, 5.41) is 9.33. The van der Waals surface area contributed by atoms with Crippen molar-refractivity contribution in [3.63, 3.8) is 0 Å². The number of guanidine groups is 1. The quantitative estimate of drug-likeness (QED) is 0.552. The standard InChI is InChI=1S/C11H23N3O/c1-13(2)10(14(3)4)12-8-11(9-15)6-5-7-11/h15H,5-9H2,1-4H3. The van der Waals surface area contributed by atoms with Crippen LogP contribution in [0, 0.1) is 5.41 Å². The van der Waals surface area contributed by atoms with Gasteiger partial charge in [-0.15, -0.1) is 0 Å². The van der Waals surface area contributed by atoms with Gasteiger partial charge in [-0.2, -0.15) is 0 Å². The zero-order valence-electron chi connectivity index (χ0n) is 10.3. The van der Waals surface area contributed by atoms with Crippen molar-refractivity contribution in [3.8, 4) is 0 Å². The third-order valence-corrected chi connectivity index (χ3v) is 3.11. The Labute approximate surface area is 92.6 Å². The third kappa shape index (κ3) is 2.84. The van der Waals surface area contributed by atoms with E-state index in [0.29, 0.717) is 0 Å². The van der Waals surface area contributed by atoms with Crippen LogP contribution in [0.25, 0.3) is 0 Å². The molecule has 88 valence electrons. The van der Waals surface area contributed by atoms with Crippen molar-refractivity contribution in [2.24, 2.45) is 10.4 Å². The Hall–Kier alpha value is -0.770. The van der Waals surface area contributed by atoms with Crippen LogP contribution >= 0.6 is 0 Å². The maximum atomic E-state index is 9.33. The molecule has 0 spiro atoms. The molecule has 1 saturated carbocycles. The topological polar surface area (TPSA) is 39.1 Å². The Morgan fingerprint density at radius 3 is 2.00 bits per heavy atom. The maximum absolute atomic E-state index is 9.33. The van der Waals surface area contributed by atoms with Gasteiger partial charge in [0, 0.05) is 33.6 Å². The van der Waals surface area contributed by atoms with E-state index in [2.05, 4.69) is 4.99 Å². The highest BCUT2D eigenvalue weighted by Crippen LogP contribution is 2.40. The van der Waals surface area contributed by atoms with E-state index in [-0.39, 0.29) is 12.0 Å². The number of hydrogen-bond acceptors (Lipinski definition) is 2. The van der Waals surface area contributed by atoms with E-state index in [9.17, 15) is 5.11 Å². The molecule has 0 radical (unpaired) electrons. The second-order valence-corrected chi connectivity index (χ2v) is 4.92. The first kappa shape index (κ1) is 12.3. The van der Waals surface area contributed by atoms with E-state index >= 15 is 0 Å². The number of aliphatic hydroxyl groups is 1. The molecule has 0 unspecified atom stereocenters. The number of aliphatic hydroxyl groups excluding tert-OH is 1. The van der Waals surface area contributed by atoms with Gasteiger partial charge in [-0.05, 0) is 12.8 Å². The smallest absolute Gasteiger partial charge is 0.195 e. The molecule has 0 saturated heterocycles. The van der Waals surface area contributed by atoms with Crippen molar-refractivity contribution in [3.05, 3.63) is 0 Å². The van der Waals surface area contributed by atoms with Crippen molar-refractivity contribution < 1.29 is 5.11 Å². The first-order chi connectivity index (χ1) is 7.01. The van der Waals surface area contributed by atoms with E-state index in [0.717, 1.165) is 25.3 Å². The molecule has 1 aliphatic rings. The van der Waals surface area contributed by atoms with E-state index in [1.54, 1.807) is 0 Å². The fourth-order valence-electron chi connectivity index (χ4n) is 1.96. The van der Waals surface area contributed by atoms with Gasteiger partial charge in [-0.1, -0.05) is 6.42 Å². The molecule has 1 fully saturated rings. The van der Waals surface area contributed by atoms with Crippen molar-refractivity contribution in [2.45, 2.75) is 19.3 Å². The fraction of sp³-hybridized carbons (Fsp3) is 0.909. The Bertz CT molecular complexity index is 216. The van der Waals surface area contributed by atoms with Crippen molar-refractivity contribution in [1.29, 1.82) is 0 Å². The summed E-state index contributed by atoms with van der Waals surface area (Å²) in [5.41, 5.74) is 0.0806. The molecular formula is C11H23N3O. The van der Waals surface area contributed by atoms with E-state index < -0.39 is 0 Å². The highest BCUT2D eigenvalue weighted by atomic mass is 16.3. The Morgan fingerprint density at radius 1 is 1.20 bits per heavy atom. The average Bonchev–Trinajstić information content (AvgIpc) is 2.08. The molecule has 4 heteroatoms. The fourth-order valence-corrected chi connectivity index (χ4v) is 1.96. The third-order valence-electron chi connectivity index (χ3n) is 3.11. The van der Waals surface area contributed by atoms with Crippen LogP contribution in [0.2, 0.25) is 0 Å². The molecule has 0 aromatic rings. The monoisotopic (exact) mass is 213 g/mol. The van der Waals surface area contributed by atoms with E-state index in [4.69, 9.17) is 0 Å². The summed E-state index contributed by atoms with van der Waals surface area (Å²) in [7, 11) is 7.97. The molecule has 1 N–H and O–H groups in total. The molecule has 4 nitrogen and oxygen atoms in total. The van der Waals surface area contributed by atoms with Crippen LogP contribution in [0.5, 0.6) is 0 Å². The van der Waals surface area contributed by atoms with Crippen LogP contribution in [0.4, 0.5) is 0 Å². The molecule has 0 atom stereocenters. The lowest BCUT2D eigenvalue weighted by molar-refractivity contribution is 0.0535. The van der Waals surface area contributed by atoms with Gasteiger partial charge in [-0.25, -0.2) is 0 Å². The lowest BCUT2D eigenvalue weighted by Crippen LogP contribution is -2.40. The predicted molar refractivity (Wildman–Crippen MR) is 63.0 cm³/mol. The zero-order chi connectivity index (χ0) is 11.5. The van der Waals surface area contributed by atoms with E-state index in [1.807, 2.05) is 38.0 Å². The SMILES string of the molecule is CN(C)C(=NCC1(CO)CCC1)N(C)C. The molecule has 0 bridgehead atoms. The molecule has 0 heterocycles. The summed E-state index contributed by atoms with van der Waals surface area (Å²) >= 11 is 0. The van der Waals surface area contributed by atoms with Gasteiger partial charge in [-0.3, -0.25) is 4.99 Å². The molecule has 0 aliphatic heterocycles. The zero-order valence-corrected chi connectivity index (χ0v) is 10.3. The van der Waals surface area contributed by atoms with Crippen LogP contribution in [-0.4, -0.2) is 62.2 Å². The normalized spacial score (nSPS) is 17.9. The largest absolute Gasteiger partial charge is 0.396 e. The summed E-state index contributed by atoms with van der Waals surface area (Å²) in [6.45, 7) is 1.01. The summed E-state index contributed by atoms with van der Waals surface area (Å²) in [6, 6.07) is 0. The highest BCUT2D eigenvalue weighted by Gasteiger charge is 2.36. The van der Waals surface area contributed by atoms with Crippen LogP contribution in [-0.2, 0) is 0 Å². The first-order valence-electron chi connectivity index (χ1n) is 5.51. The second-order valence-electron chi connectivity index (χ2n) is 4.92. The lowest BCUT2D eigenvalue weighted by Gasteiger charge is -2.39. The molecule has 1 rings (SSSR count).